The summed E-state index contributed by atoms with van der Waals surface area (Å²) in [4.78, 5) is 11.6. The molecule has 0 aromatic carbocycles. The van der Waals surface area contributed by atoms with E-state index in [0.29, 0.717) is 31.4 Å². The maximum absolute atomic E-state index is 11.6. The third-order valence-electron chi connectivity index (χ3n) is 3.32. The molecule has 1 fully saturated rings. The summed E-state index contributed by atoms with van der Waals surface area (Å²) in [5.74, 6) is 1.35. The van der Waals surface area contributed by atoms with Gasteiger partial charge in [-0.15, -0.1) is 12.4 Å². The normalized spacial score (nSPS) is 18.2. The average molecular weight is 265 g/mol. The van der Waals surface area contributed by atoms with Gasteiger partial charge in [-0.05, 0) is 37.8 Å². The van der Waals surface area contributed by atoms with Gasteiger partial charge in [0, 0.05) is 20.1 Å². The van der Waals surface area contributed by atoms with Crippen molar-refractivity contribution in [2.45, 2.75) is 26.2 Å². The van der Waals surface area contributed by atoms with Crippen LogP contribution in [-0.4, -0.2) is 39.3 Å². The molecule has 1 aliphatic rings. The first kappa shape index (κ1) is 16.7. The number of rotatable bonds is 6. The van der Waals surface area contributed by atoms with Gasteiger partial charge in [-0.3, -0.25) is 4.79 Å². The van der Waals surface area contributed by atoms with E-state index in [1.807, 2.05) is 0 Å². The van der Waals surface area contributed by atoms with Gasteiger partial charge in [-0.1, -0.05) is 6.92 Å². The number of amides is 1. The Morgan fingerprint density at radius 2 is 2.12 bits per heavy atom. The van der Waals surface area contributed by atoms with E-state index < -0.39 is 0 Å². The fourth-order valence-electron chi connectivity index (χ4n) is 2.24. The second-order valence-electron chi connectivity index (χ2n) is 4.61. The summed E-state index contributed by atoms with van der Waals surface area (Å²) in [5.41, 5.74) is 0. The predicted octanol–water partition coefficient (Wildman–Crippen LogP) is 1.20. The van der Waals surface area contributed by atoms with Gasteiger partial charge in [-0.25, -0.2) is 0 Å². The average Bonchev–Trinajstić information content (AvgIpc) is 2.30. The molecule has 1 aliphatic heterocycles. The van der Waals surface area contributed by atoms with Crippen molar-refractivity contribution in [3.05, 3.63) is 0 Å². The van der Waals surface area contributed by atoms with Gasteiger partial charge in [0.05, 0.1) is 6.61 Å². The minimum atomic E-state index is 0. The lowest BCUT2D eigenvalue weighted by Gasteiger charge is -2.27. The van der Waals surface area contributed by atoms with Crippen molar-refractivity contribution in [3.8, 4) is 0 Å². The number of hydrogen-bond acceptors (Lipinski definition) is 3. The first-order chi connectivity index (χ1) is 7.74. The van der Waals surface area contributed by atoms with Crippen LogP contribution in [-0.2, 0) is 9.53 Å². The Balaban J connectivity index is 0.00000256. The monoisotopic (exact) mass is 264 g/mol. The minimum absolute atomic E-state index is 0. The maximum Gasteiger partial charge on any atom is 0.220 e. The molecule has 1 amide bonds. The molecule has 1 rings (SSSR count). The maximum atomic E-state index is 11.6. The van der Waals surface area contributed by atoms with Crippen molar-refractivity contribution in [3.63, 3.8) is 0 Å². The molecule has 1 unspecified atom stereocenters. The third-order valence-corrected chi connectivity index (χ3v) is 3.32. The third kappa shape index (κ3) is 6.86. The van der Waals surface area contributed by atoms with Gasteiger partial charge in [0.25, 0.3) is 0 Å². The highest BCUT2D eigenvalue weighted by atomic mass is 35.5. The topological polar surface area (TPSA) is 50.4 Å². The van der Waals surface area contributed by atoms with Crippen LogP contribution in [0, 0.1) is 11.8 Å². The lowest BCUT2D eigenvalue weighted by molar-refractivity contribution is -0.122. The molecule has 0 bridgehead atoms. The molecule has 0 aromatic heterocycles. The number of carbonyl (C=O) groups excluding carboxylic acids is 1. The summed E-state index contributed by atoms with van der Waals surface area (Å²) in [6.45, 7) is 5.59. The highest BCUT2D eigenvalue weighted by molar-refractivity contribution is 5.85. The zero-order chi connectivity index (χ0) is 11.8. The van der Waals surface area contributed by atoms with E-state index in [1.165, 1.54) is 12.8 Å². The molecule has 1 heterocycles. The molecule has 17 heavy (non-hydrogen) atoms. The predicted molar refractivity (Wildman–Crippen MR) is 71.5 cm³/mol. The van der Waals surface area contributed by atoms with E-state index in [-0.39, 0.29) is 18.3 Å². The smallest absolute Gasteiger partial charge is 0.220 e. The van der Waals surface area contributed by atoms with Crippen LogP contribution < -0.4 is 10.6 Å². The molecule has 1 atom stereocenters. The molecule has 2 N–H and O–H groups in total. The van der Waals surface area contributed by atoms with Crippen LogP contribution in [0.4, 0.5) is 0 Å². The van der Waals surface area contributed by atoms with Crippen LogP contribution in [0.2, 0.25) is 0 Å². The van der Waals surface area contributed by atoms with Crippen molar-refractivity contribution < 1.29 is 9.53 Å². The molecule has 0 radical (unpaired) electrons. The van der Waals surface area contributed by atoms with E-state index in [1.54, 1.807) is 7.11 Å². The van der Waals surface area contributed by atoms with Crippen molar-refractivity contribution in [1.82, 2.24) is 10.6 Å². The van der Waals surface area contributed by atoms with E-state index >= 15 is 0 Å². The zero-order valence-corrected chi connectivity index (χ0v) is 11.6. The van der Waals surface area contributed by atoms with E-state index in [9.17, 15) is 4.79 Å². The van der Waals surface area contributed by atoms with Crippen LogP contribution in [0.15, 0.2) is 0 Å². The van der Waals surface area contributed by atoms with Crippen molar-refractivity contribution >= 4 is 18.3 Å². The number of halogens is 1. The molecule has 0 aliphatic carbocycles. The molecule has 0 spiro atoms. The van der Waals surface area contributed by atoms with Gasteiger partial charge in [-0.2, -0.15) is 0 Å². The Kier molecular flexibility index (Phi) is 9.50. The van der Waals surface area contributed by atoms with Crippen molar-refractivity contribution in [1.29, 1.82) is 0 Å². The fourth-order valence-corrected chi connectivity index (χ4v) is 2.24. The van der Waals surface area contributed by atoms with Crippen molar-refractivity contribution in [2.24, 2.45) is 11.8 Å². The Hall–Kier alpha value is -0.320. The molecule has 102 valence electrons. The van der Waals surface area contributed by atoms with Gasteiger partial charge in [0.2, 0.25) is 5.91 Å². The summed E-state index contributed by atoms with van der Waals surface area (Å²) < 4.78 is 4.89. The molecular formula is C12H25ClN2O2. The molecule has 5 heteroatoms. The molecular weight excluding hydrogens is 240 g/mol. The number of carbonyl (C=O) groups is 1. The Bertz CT molecular complexity index is 209. The SMILES string of the molecule is COCCNC(=O)CC(C)C1CCNCC1.Cl. The Morgan fingerprint density at radius 1 is 1.47 bits per heavy atom. The van der Waals surface area contributed by atoms with E-state index in [4.69, 9.17) is 4.74 Å². The van der Waals surface area contributed by atoms with Gasteiger partial charge in [0.1, 0.15) is 0 Å². The summed E-state index contributed by atoms with van der Waals surface area (Å²) >= 11 is 0. The lowest BCUT2D eigenvalue weighted by Crippen LogP contribution is -2.34. The summed E-state index contributed by atoms with van der Waals surface area (Å²) in [6, 6.07) is 0. The summed E-state index contributed by atoms with van der Waals surface area (Å²) in [7, 11) is 1.64. The fraction of sp³-hybridized carbons (Fsp3) is 0.917. The highest BCUT2D eigenvalue weighted by Gasteiger charge is 2.21. The molecule has 4 nitrogen and oxygen atoms in total. The van der Waals surface area contributed by atoms with Gasteiger partial charge < -0.3 is 15.4 Å². The summed E-state index contributed by atoms with van der Waals surface area (Å²) in [5, 5.41) is 6.22. The van der Waals surface area contributed by atoms with E-state index in [0.717, 1.165) is 13.1 Å². The molecule has 0 saturated carbocycles. The number of ether oxygens (including phenoxy) is 1. The Labute approximate surface area is 110 Å². The number of methoxy groups -OCH3 is 1. The summed E-state index contributed by atoms with van der Waals surface area (Å²) in [6.07, 6.45) is 3.05. The quantitative estimate of drug-likeness (QED) is 0.709. The second kappa shape index (κ2) is 9.68. The van der Waals surface area contributed by atoms with Gasteiger partial charge >= 0.3 is 0 Å². The standard InChI is InChI=1S/C12H24N2O2.ClH/c1-10(11-3-5-13-6-4-11)9-12(15)14-7-8-16-2;/h10-11,13H,3-9H2,1-2H3,(H,14,15);1H. The van der Waals surface area contributed by atoms with Crippen LogP contribution in [0.1, 0.15) is 26.2 Å². The van der Waals surface area contributed by atoms with Crippen LogP contribution in [0.5, 0.6) is 0 Å². The largest absolute Gasteiger partial charge is 0.383 e. The molecule has 0 aromatic rings. The second-order valence-corrected chi connectivity index (χ2v) is 4.61. The van der Waals surface area contributed by atoms with Crippen LogP contribution in [0.25, 0.3) is 0 Å². The minimum Gasteiger partial charge on any atom is -0.383 e. The highest BCUT2D eigenvalue weighted by Crippen LogP contribution is 2.23. The number of nitrogens with one attached hydrogen (secondary N) is 2. The first-order valence-corrected chi connectivity index (χ1v) is 6.20. The van der Waals surface area contributed by atoms with Crippen LogP contribution in [0.3, 0.4) is 0 Å². The number of hydrogen-bond donors (Lipinski definition) is 2. The van der Waals surface area contributed by atoms with E-state index in [2.05, 4.69) is 17.6 Å². The molecule has 1 saturated heterocycles. The first-order valence-electron chi connectivity index (χ1n) is 6.20. The van der Waals surface area contributed by atoms with Crippen LogP contribution >= 0.6 is 12.4 Å². The van der Waals surface area contributed by atoms with Crippen molar-refractivity contribution in [2.75, 3.05) is 33.4 Å². The number of piperidine rings is 1. The zero-order valence-electron chi connectivity index (χ0n) is 10.8. The van der Waals surface area contributed by atoms with Gasteiger partial charge in [0.15, 0.2) is 0 Å². The Morgan fingerprint density at radius 3 is 2.71 bits per heavy atom. The lowest BCUT2D eigenvalue weighted by atomic mass is 9.84.